The second kappa shape index (κ2) is 13.2. The zero-order valence-corrected chi connectivity index (χ0v) is 24.2. The molecule has 0 aromatic heterocycles. The maximum atomic E-state index is 13.0. The maximum Gasteiger partial charge on any atom is 0.512 e. The first-order valence-electron chi connectivity index (χ1n) is 12.5. The summed E-state index contributed by atoms with van der Waals surface area (Å²) < 4.78 is 123. The number of hydrogen-bond acceptors (Lipinski definition) is 4. The van der Waals surface area contributed by atoms with Crippen molar-refractivity contribution in [2.75, 3.05) is 6.16 Å². The van der Waals surface area contributed by atoms with Crippen LogP contribution in [0.2, 0.25) is 0 Å². The molecule has 3 rings (SSSR count). The second-order valence-corrected chi connectivity index (χ2v) is 14.9. The molecular formula is C27H28F6NO4PS2. The molecule has 3 aromatic rings. The summed E-state index contributed by atoms with van der Waals surface area (Å²) in [6.07, 6.45) is 1.66. The lowest BCUT2D eigenvalue weighted by atomic mass is 9.66. The van der Waals surface area contributed by atoms with Crippen molar-refractivity contribution in [2.24, 2.45) is 0 Å². The quantitative estimate of drug-likeness (QED) is 0.0838. The van der Waals surface area contributed by atoms with Crippen LogP contribution in [0.1, 0.15) is 48.8 Å². The van der Waals surface area contributed by atoms with Crippen LogP contribution in [0.25, 0.3) is 0 Å². The Hall–Kier alpha value is -2.47. The molecule has 1 atom stereocenters. The molecule has 1 unspecified atom stereocenters. The van der Waals surface area contributed by atoms with Gasteiger partial charge in [0.25, 0.3) is 0 Å². The maximum absolute atomic E-state index is 13.0. The molecule has 0 spiro atoms. The fourth-order valence-corrected chi connectivity index (χ4v) is 9.66. The predicted octanol–water partition coefficient (Wildman–Crippen LogP) is 7.57. The Morgan fingerprint density at radius 2 is 0.878 bits per heavy atom. The Balaban J connectivity index is 1.74. The molecule has 0 saturated carbocycles. The number of halogens is 6. The largest absolute Gasteiger partial charge is 0.512 e. The number of unbranched alkanes of at least 4 members (excludes halogenated alkanes) is 3. The fourth-order valence-electron chi connectivity index (χ4n) is 4.63. The van der Waals surface area contributed by atoms with E-state index >= 15 is 0 Å². The fraction of sp³-hybridized carbons (Fsp3) is 0.333. The van der Waals surface area contributed by atoms with Crippen LogP contribution in [0.4, 0.5) is 26.3 Å². The summed E-state index contributed by atoms with van der Waals surface area (Å²) in [5.41, 5.74) is -9.80. The Bertz CT molecular complexity index is 1330. The monoisotopic (exact) mass is 639 g/mol. The van der Waals surface area contributed by atoms with E-state index in [1.54, 1.807) is 0 Å². The highest BCUT2D eigenvalue weighted by atomic mass is 32.3. The van der Waals surface area contributed by atoms with Crippen molar-refractivity contribution in [3.05, 3.63) is 108 Å². The zero-order chi connectivity index (χ0) is 30.4. The van der Waals surface area contributed by atoms with E-state index in [9.17, 15) is 43.2 Å². The molecule has 0 N–H and O–H groups in total. The molecule has 5 nitrogen and oxygen atoms in total. The van der Waals surface area contributed by atoms with Crippen molar-refractivity contribution in [3.8, 4) is 0 Å². The van der Waals surface area contributed by atoms with E-state index in [0.29, 0.717) is 25.7 Å². The molecule has 14 heteroatoms. The van der Waals surface area contributed by atoms with Crippen LogP contribution in [0.3, 0.4) is 0 Å². The molecule has 0 aliphatic heterocycles. The molecule has 224 valence electrons. The molecule has 0 heterocycles. The lowest BCUT2D eigenvalue weighted by Gasteiger charge is -2.36. The third-order valence-corrected chi connectivity index (χ3v) is 12.8. The van der Waals surface area contributed by atoms with E-state index in [4.69, 9.17) is 0 Å². The van der Waals surface area contributed by atoms with Crippen molar-refractivity contribution in [1.29, 1.82) is 0 Å². The van der Waals surface area contributed by atoms with Crippen LogP contribution < -0.4 is 0 Å². The molecule has 0 radical (unpaired) electrons. The van der Waals surface area contributed by atoms with E-state index < -0.39 is 54.9 Å². The Morgan fingerprint density at radius 1 is 0.537 bits per heavy atom. The first kappa shape index (κ1) is 33.0. The molecule has 0 amide bonds. The first-order chi connectivity index (χ1) is 19.2. The van der Waals surface area contributed by atoms with Gasteiger partial charge in [0.05, 0.1) is 0 Å². The lowest BCUT2D eigenvalue weighted by molar-refractivity contribution is -0.0504. The molecule has 0 bridgehead atoms. The van der Waals surface area contributed by atoms with E-state index in [2.05, 4.69) is 0 Å². The van der Waals surface area contributed by atoms with Crippen molar-refractivity contribution in [2.45, 2.75) is 48.5 Å². The van der Waals surface area contributed by atoms with E-state index in [0.717, 1.165) is 16.7 Å². The number of alkyl halides is 6. The van der Waals surface area contributed by atoms with Gasteiger partial charge in [-0.2, -0.15) is 26.3 Å². The van der Waals surface area contributed by atoms with Crippen LogP contribution in [0.5, 0.6) is 0 Å². The van der Waals surface area contributed by atoms with Gasteiger partial charge >= 0.3 is 31.1 Å². The van der Waals surface area contributed by atoms with Crippen LogP contribution in [-0.4, -0.2) is 37.5 Å². The summed E-state index contributed by atoms with van der Waals surface area (Å²) in [6.45, 7) is 0. The normalized spacial score (nSPS) is 13.7. The molecule has 0 aliphatic carbocycles. The summed E-state index contributed by atoms with van der Waals surface area (Å²) >= 11 is 0. The summed E-state index contributed by atoms with van der Waals surface area (Å²) in [6, 6.07) is 29.5. The van der Waals surface area contributed by atoms with Crippen LogP contribution in [0, 0.1) is 0 Å². The topological polar surface area (TPSA) is 71.5 Å². The Morgan fingerprint density at radius 3 is 1.22 bits per heavy atom. The summed E-state index contributed by atoms with van der Waals surface area (Å²) in [5.74, 6) is 0. The highest BCUT2D eigenvalue weighted by molar-refractivity contribution is 8.09. The van der Waals surface area contributed by atoms with Gasteiger partial charge in [0, 0.05) is 5.41 Å². The van der Waals surface area contributed by atoms with Gasteiger partial charge in [-0.05, 0) is 44.4 Å². The van der Waals surface area contributed by atoms with Crippen molar-refractivity contribution < 1.29 is 43.2 Å². The Labute approximate surface area is 237 Å². The van der Waals surface area contributed by atoms with Crippen LogP contribution in [-0.2, 0) is 25.5 Å². The van der Waals surface area contributed by atoms with Gasteiger partial charge in [0.1, 0.15) is 0 Å². The number of sulfonamides is 2. The number of hydrogen-bond donors (Lipinski definition) is 0. The average Bonchev–Trinajstić information content (AvgIpc) is 2.92. The SMILES string of the molecule is O=S(=O)(N(PCCCCCCC(c1ccccc1)(c1ccccc1)c1ccccc1)S(=O)(=O)C(F)(F)F)C(F)(F)F. The van der Waals surface area contributed by atoms with E-state index in [-0.39, 0.29) is 6.42 Å². The molecule has 3 aromatic carbocycles. The van der Waals surface area contributed by atoms with Gasteiger partial charge in [0.2, 0.25) is 0 Å². The molecule has 0 saturated heterocycles. The van der Waals surface area contributed by atoms with Crippen molar-refractivity contribution >= 4 is 28.8 Å². The van der Waals surface area contributed by atoms with Crippen molar-refractivity contribution in [3.63, 3.8) is 0 Å². The Kier molecular flexibility index (Phi) is 10.7. The third-order valence-electron chi connectivity index (χ3n) is 6.54. The summed E-state index contributed by atoms with van der Waals surface area (Å²) in [4.78, 5) is 0. The van der Waals surface area contributed by atoms with Gasteiger partial charge in [-0.15, -0.1) is 0 Å². The van der Waals surface area contributed by atoms with Gasteiger partial charge < -0.3 is 0 Å². The predicted molar refractivity (Wildman–Crippen MR) is 147 cm³/mol. The highest BCUT2D eigenvalue weighted by Gasteiger charge is 2.61. The van der Waals surface area contributed by atoms with Gasteiger partial charge in [-0.3, -0.25) is 0 Å². The van der Waals surface area contributed by atoms with E-state index in [1.165, 1.54) is 0 Å². The van der Waals surface area contributed by atoms with Crippen molar-refractivity contribution in [1.82, 2.24) is 3.48 Å². The first-order valence-corrected chi connectivity index (χ1v) is 16.5. The highest BCUT2D eigenvalue weighted by Crippen LogP contribution is 2.44. The van der Waals surface area contributed by atoms with Gasteiger partial charge in [0.15, 0.2) is 0 Å². The smallest absolute Gasteiger partial charge is 0.201 e. The molecule has 0 aliphatic rings. The minimum atomic E-state index is -6.75. The zero-order valence-electron chi connectivity index (χ0n) is 21.6. The third kappa shape index (κ3) is 7.31. The lowest BCUT2D eigenvalue weighted by Crippen LogP contribution is -2.45. The standard InChI is InChI=1S/C27H28F6NO4PS2/c28-26(29,30)40(35,36)34(41(37,38)27(31,32)33)39-21-13-2-1-12-20-25(22-14-6-3-7-15-22,23-16-8-4-9-17-23)24-18-10-5-11-19-24/h3-11,14-19,39H,1-2,12-13,20-21H2. The molecular weight excluding hydrogens is 611 g/mol. The number of nitrogens with zero attached hydrogens (tertiary/aromatic N) is 1. The molecule has 41 heavy (non-hydrogen) atoms. The minimum absolute atomic E-state index is 0.0325. The number of benzene rings is 3. The number of rotatable bonds is 13. The average molecular weight is 640 g/mol. The van der Waals surface area contributed by atoms with Crippen LogP contribution in [0.15, 0.2) is 91.0 Å². The molecule has 0 fully saturated rings. The van der Waals surface area contributed by atoms with Gasteiger partial charge in [-0.1, -0.05) is 114 Å². The van der Waals surface area contributed by atoms with Gasteiger partial charge in [-0.25, -0.2) is 16.8 Å². The summed E-state index contributed by atoms with van der Waals surface area (Å²) in [7, 11) is -15.3. The van der Waals surface area contributed by atoms with E-state index in [1.807, 2.05) is 91.0 Å². The minimum Gasteiger partial charge on any atom is -0.201 e. The second-order valence-electron chi connectivity index (χ2n) is 9.17. The summed E-state index contributed by atoms with van der Waals surface area (Å²) in [5, 5.41) is 0. The van der Waals surface area contributed by atoms with Crippen LogP contribution >= 0.6 is 8.73 Å².